The van der Waals surface area contributed by atoms with Gasteiger partial charge in [0.05, 0.1) is 11.0 Å². The van der Waals surface area contributed by atoms with Crippen LogP contribution in [0.5, 0.6) is 11.6 Å². The van der Waals surface area contributed by atoms with Crippen molar-refractivity contribution >= 4 is 16.9 Å². The first-order valence-electron chi connectivity index (χ1n) is 9.10. The molecule has 0 atom stereocenters. The zero-order valence-electron chi connectivity index (χ0n) is 15.5. The Morgan fingerprint density at radius 1 is 1.04 bits per heavy atom. The van der Waals surface area contributed by atoms with Crippen molar-refractivity contribution in [3.8, 4) is 11.6 Å². The van der Waals surface area contributed by atoms with E-state index in [0.29, 0.717) is 24.4 Å². The molecular weight excluding hydrogens is 352 g/mol. The number of fused-ring (bicyclic) bond motifs is 1. The van der Waals surface area contributed by atoms with E-state index in [1.54, 1.807) is 18.3 Å². The zero-order valence-corrected chi connectivity index (χ0v) is 15.5. The molecule has 0 spiro atoms. The van der Waals surface area contributed by atoms with Crippen molar-refractivity contribution in [1.82, 2.24) is 19.9 Å². The van der Waals surface area contributed by atoms with Gasteiger partial charge in [-0.1, -0.05) is 30.3 Å². The molecule has 2 aromatic heterocycles. The quantitative estimate of drug-likeness (QED) is 0.556. The van der Waals surface area contributed by atoms with Crippen LogP contribution < -0.4 is 10.1 Å². The van der Waals surface area contributed by atoms with Crippen LogP contribution in [0.1, 0.15) is 16.2 Å². The number of carbonyl (C=O) groups is 1. The third-order valence-corrected chi connectivity index (χ3v) is 4.44. The molecule has 4 rings (SSSR count). The Bertz CT molecular complexity index is 1110. The van der Waals surface area contributed by atoms with Crippen LogP contribution >= 0.6 is 0 Å². The molecule has 1 N–H and O–H groups in total. The molecule has 140 valence electrons. The van der Waals surface area contributed by atoms with Gasteiger partial charge in [0.25, 0.3) is 5.91 Å². The molecular formula is C22H20N4O2. The van der Waals surface area contributed by atoms with Crippen LogP contribution in [0.15, 0.2) is 72.9 Å². The number of imidazole rings is 1. The minimum Gasteiger partial charge on any atom is -0.438 e. The van der Waals surface area contributed by atoms with Crippen molar-refractivity contribution in [2.24, 2.45) is 0 Å². The fourth-order valence-electron chi connectivity index (χ4n) is 3.10. The molecule has 0 saturated carbocycles. The Morgan fingerprint density at radius 3 is 2.68 bits per heavy atom. The van der Waals surface area contributed by atoms with Gasteiger partial charge in [0, 0.05) is 19.3 Å². The third kappa shape index (κ3) is 3.71. The van der Waals surface area contributed by atoms with Gasteiger partial charge in [-0.3, -0.25) is 4.79 Å². The number of para-hydroxylation sites is 3. The summed E-state index contributed by atoms with van der Waals surface area (Å²) in [5.41, 5.74) is 2.42. The number of aryl methyl sites for hydroxylation is 1. The average Bonchev–Trinajstić information content (AvgIpc) is 3.04. The van der Waals surface area contributed by atoms with Gasteiger partial charge in [-0.05, 0) is 43.3 Å². The van der Waals surface area contributed by atoms with Crippen molar-refractivity contribution in [3.05, 3.63) is 84.3 Å². The predicted octanol–water partition coefficient (Wildman–Crippen LogP) is 3.96. The topological polar surface area (TPSA) is 69.0 Å². The molecule has 0 radical (unpaired) electrons. The Balaban J connectivity index is 1.45. The third-order valence-electron chi connectivity index (χ3n) is 4.44. The van der Waals surface area contributed by atoms with Crippen LogP contribution in [0.4, 0.5) is 0 Å². The van der Waals surface area contributed by atoms with Crippen LogP contribution in [-0.2, 0) is 6.54 Å². The molecule has 0 fully saturated rings. The molecule has 28 heavy (non-hydrogen) atoms. The zero-order chi connectivity index (χ0) is 19.3. The van der Waals surface area contributed by atoms with E-state index in [1.165, 1.54) is 0 Å². The van der Waals surface area contributed by atoms with Crippen molar-refractivity contribution in [2.75, 3.05) is 6.54 Å². The lowest BCUT2D eigenvalue weighted by molar-refractivity contribution is 0.0949. The number of ether oxygens (including phenoxy) is 1. The standard InChI is InChI=1S/C22H20N4O2/c1-16-25-19-11-5-6-12-20(19)26(16)15-14-23-21(27)18-10-7-13-24-22(18)28-17-8-3-2-4-9-17/h2-13H,14-15H2,1H3,(H,23,27). The van der Waals surface area contributed by atoms with Crippen LogP contribution in [0.3, 0.4) is 0 Å². The van der Waals surface area contributed by atoms with E-state index < -0.39 is 0 Å². The molecule has 6 heteroatoms. The lowest BCUT2D eigenvalue weighted by atomic mass is 10.2. The predicted molar refractivity (Wildman–Crippen MR) is 108 cm³/mol. The Hall–Kier alpha value is -3.67. The highest BCUT2D eigenvalue weighted by atomic mass is 16.5. The maximum atomic E-state index is 12.7. The molecule has 0 saturated heterocycles. The SMILES string of the molecule is Cc1nc2ccccc2n1CCNC(=O)c1cccnc1Oc1ccccc1. The number of benzene rings is 2. The summed E-state index contributed by atoms with van der Waals surface area (Å²) in [6.45, 7) is 3.07. The van der Waals surface area contributed by atoms with E-state index in [9.17, 15) is 4.79 Å². The normalized spacial score (nSPS) is 10.8. The number of carbonyl (C=O) groups excluding carboxylic acids is 1. The van der Waals surface area contributed by atoms with Gasteiger partial charge in [0.1, 0.15) is 17.1 Å². The van der Waals surface area contributed by atoms with Gasteiger partial charge in [0.15, 0.2) is 0 Å². The van der Waals surface area contributed by atoms with Crippen molar-refractivity contribution in [3.63, 3.8) is 0 Å². The Labute approximate surface area is 162 Å². The summed E-state index contributed by atoms with van der Waals surface area (Å²) >= 11 is 0. The lowest BCUT2D eigenvalue weighted by Crippen LogP contribution is -2.28. The fraction of sp³-hybridized carbons (Fsp3) is 0.136. The van der Waals surface area contributed by atoms with Gasteiger partial charge >= 0.3 is 0 Å². The summed E-state index contributed by atoms with van der Waals surface area (Å²) < 4.78 is 7.87. The summed E-state index contributed by atoms with van der Waals surface area (Å²) in [6.07, 6.45) is 1.61. The molecule has 2 aromatic carbocycles. The van der Waals surface area contributed by atoms with Crippen molar-refractivity contribution < 1.29 is 9.53 Å². The second kappa shape index (κ2) is 7.92. The first-order chi connectivity index (χ1) is 13.7. The minimum absolute atomic E-state index is 0.221. The maximum Gasteiger partial charge on any atom is 0.256 e. The van der Waals surface area contributed by atoms with Crippen LogP contribution in [0, 0.1) is 6.92 Å². The number of hydrogen-bond donors (Lipinski definition) is 1. The first-order valence-corrected chi connectivity index (χ1v) is 9.10. The number of nitrogens with zero attached hydrogens (tertiary/aromatic N) is 3. The van der Waals surface area contributed by atoms with E-state index in [-0.39, 0.29) is 11.8 Å². The summed E-state index contributed by atoms with van der Waals surface area (Å²) in [7, 11) is 0. The van der Waals surface area contributed by atoms with E-state index in [1.807, 2.05) is 61.5 Å². The van der Waals surface area contributed by atoms with E-state index in [4.69, 9.17) is 4.74 Å². The molecule has 2 heterocycles. The monoisotopic (exact) mass is 372 g/mol. The summed E-state index contributed by atoms with van der Waals surface area (Å²) in [6, 6.07) is 20.7. The number of aromatic nitrogens is 3. The molecule has 0 aliphatic carbocycles. The molecule has 4 aromatic rings. The Morgan fingerprint density at radius 2 is 1.82 bits per heavy atom. The molecule has 0 bridgehead atoms. The second-order valence-electron chi connectivity index (χ2n) is 6.33. The number of rotatable bonds is 6. The summed E-state index contributed by atoms with van der Waals surface area (Å²) in [4.78, 5) is 21.4. The minimum atomic E-state index is -0.221. The second-order valence-corrected chi connectivity index (χ2v) is 6.33. The average molecular weight is 372 g/mol. The van der Waals surface area contributed by atoms with Crippen LogP contribution in [0.2, 0.25) is 0 Å². The highest BCUT2D eigenvalue weighted by Gasteiger charge is 2.14. The molecule has 0 aliphatic rings. The van der Waals surface area contributed by atoms with E-state index >= 15 is 0 Å². The molecule has 6 nitrogen and oxygen atoms in total. The highest BCUT2D eigenvalue weighted by Crippen LogP contribution is 2.22. The molecule has 0 unspecified atom stereocenters. The summed E-state index contributed by atoms with van der Waals surface area (Å²) in [5.74, 6) is 1.62. The molecule has 0 aliphatic heterocycles. The van der Waals surface area contributed by atoms with E-state index in [0.717, 1.165) is 16.9 Å². The van der Waals surface area contributed by atoms with Gasteiger partial charge in [0.2, 0.25) is 5.88 Å². The smallest absolute Gasteiger partial charge is 0.256 e. The van der Waals surface area contributed by atoms with Gasteiger partial charge in [-0.15, -0.1) is 0 Å². The number of nitrogens with one attached hydrogen (secondary N) is 1. The van der Waals surface area contributed by atoms with Gasteiger partial charge in [-0.25, -0.2) is 9.97 Å². The Kier molecular flexibility index (Phi) is 5.01. The number of amides is 1. The van der Waals surface area contributed by atoms with E-state index in [2.05, 4.69) is 19.9 Å². The van der Waals surface area contributed by atoms with Crippen LogP contribution in [-0.4, -0.2) is 27.0 Å². The number of pyridine rings is 1. The first kappa shape index (κ1) is 17.7. The van der Waals surface area contributed by atoms with Crippen LogP contribution in [0.25, 0.3) is 11.0 Å². The molecule has 1 amide bonds. The van der Waals surface area contributed by atoms with Gasteiger partial charge < -0.3 is 14.6 Å². The van der Waals surface area contributed by atoms with Crippen molar-refractivity contribution in [2.45, 2.75) is 13.5 Å². The highest BCUT2D eigenvalue weighted by molar-refractivity contribution is 5.96. The fourth-order valence-corrected chi connectivity index (χ4v) is 3.10. The largest absolute Gasteiger partial charge is 0.438 e. The lowest BCUT2D eigenvalue weighted by Gasteiger charge is -2.11. The number of hydrogen-bond acceptors (Lipinski definition) is 4. The summed E-state index contributed by atoms with van der Waals surface area (Å²) in [5, 5.41) is 2.95. The van der Waals surface area contributed by atoms with Crippen molar-refractivity contribution in [1.29, 1.82) is 0 Å². The maximum absolute atomic E-state index is 12.7. The van der Waals surface area contributed by atoms with Gasteiger partial charge in [-0.2, -0.15) is 0 Å².